The van der Waals surface area contributed by atoms with Gasteiger partial charge in [0.25, 0.3) is 0 Å². The first-order valence-electron chi connectivity index (χ1n) is 6.52. The van der Waals surface area contributed by atoms with Crippen LogP contribution < -0.4 is 5.32 Å². The lowest BCUT2D eigenvalue weighted by molar-refractivity contribution is -0.0642. The molecule has 3 atom stereocenters. The van der Waals surface area contributed by atoms with Crippen LogP contribution in [0.15, 0.2) is 0 Å². The molecule has 2 aliphatic rings. The van der Waals surface area contributed by atoms with Crippen molar-refractivity contribution in [1.29, 1.82) is 0 Å². The molecular weight excluding hydrogens is 202 g/mol. The van der Waals surface area contributed by atoms with Crippen molar-refractivity contribution in [2.24, 2.45) is 0 Å². The first kappa shape index (κ1) is 12.3. The van der Waals surface area contributed by atoms with Gasteiger partial charge in [-0.05, 0) is 46.0 Å². The lowest BCUT2D eigenvalue weighted by atomic mass is 9.93. The highest BCUT2D eigenvalue weighted by Crippen LogP contribution is 2.27. The van der Waals surface area contributed by atoms with Crippen LogP contribution in [0, 0.1) is 0 Å². The van der Waals surface area contributed by atoms with Gasteiger partial charge >= 0.3 is 0 Å². The summed E-state index contributed by atoms with van der Waals surface area (Å²) in [6.07, 6.45) is 6.40. The van der Waals surface area contributed by atoms with Gasteiger partial charge in [-0.1, -0.05) is 0 Å². The lowest BCUT2D eigenvalue weighted by Crippen LogP contribution is -2.46. The van der Waals surface area contributed by atoms with Crippen molar-refractivity contribution in [2.45, 2.75) is 69.7 Å². The third-order valence-electron chi connectivity index (χ3n) is 3.89. The molecule has 94 valence electrons. The van der Waals surface area contributed by atoms with Gasteiger partial charge in [-0.25, -0.2) is 0 Å². The summed E-state index contributed by atoms with van der Waals surface area (Å²) in [6, 6.07) is 1.29. The number of ether oxygens (including phenoxy) is 2. The Kier molecular flexibility index (Phi) is 3.88. The molecule has 0 spiro atoms. The number of hydrogen-bond donors (Lipinski definition) is 1. The molecule has 3 heteroatoms. The molecule has 0 bridgehead atoms. The van der Waals surface area contributed by atoms with E-state index in [2.05, 4.69) is 19.2 Å². The van der Waals surface area contributed by atoms with E-state index in [1.807, 2.05) is 7.11 Å². The zero-order valence-corrected chi connectivity index (χ0v) is 10.8. The summed E-state index contributed by atoms with van der Waals surface area (Å²) < 4.78 is 11.1. The summed E-state index contributed by atoms with van der Waals surface area (Å²) in [5.41, 5.74) is 0.0508. The van der Waals surface area contributed by atoms with E-state index in [1.165, 1.54) is 19.3 Å². The van der Waals surface area contributed by atoms with Crippen molar-refractivity contribution in [3.8, 4) is 0 Å². The Balaban J connectivity index is 1.77. The van der Waals surface area contributed by atoms with Crippen LogP contribution >= 0.6 is 0 Å². The lowest BCUT2D eigenvalue weighted by Gasteiger charge is -2.37. The Labute approximate surface area is 98.9 Å². The minimum Gasteiger partial charge on any atom is -0.381 e. The van der Waals surface area contributed by atoms with E-state index < -0.39 is 0 Å². The Hall–Kier alpha value is -0.120. The minimum atomic E-state index is 0.0508. The van der Waals surface area contributed by atoms with Gasteiger partial charge in [0.15, 0.2) is 0 Å². The first-order chi connectivity index (χ1) is 7.59. The molecule has 16 heavy (non-hydrogen) atoms. The van der Waals surface area contributed by atoms with Crippen LogP contribution in [0.3, 0.4) is 0 Å². The van der Waals surface area contributed by atoms with E-state index in [4.69, 9.17) is 9.47 Å². The summed E-state index contributed by atoms with van der Waals surface area (Å²) in [6.45, 7) is 5.27. The Morgan fingerprint density at radius 2 is 2.00 bits per heavy atom. The highest BCUT2D eigenvalue weighted by molar-refractivity contribution is 4.88. The maximum absolute atomic E-state index is 5.74. The van der Waals surface area contributed by atoms with E-state index in [-0.39, 0.29) is 5.60 Å². The molecule has 1 N–H and O–H groups in total. The van der Waals surface area contributed by atoms with Crippen LogP contribution in [0.5, 0.6) is 0 Å². The SMILES string of the molecule is COC1CCC(NC2CCOC(C)(C)C2)C1. The van der Waals surface area contributed by atoms with Gasteiger partial charge in [0, 0.05) is 25.8 Å². The highest BCUT2D eigenvalue weighted by atomic mass is 16.5. The molecule has 1 saturated heterocycles. The largest absolute Gasteiger partial charge is 0.381 e. The fourth-order valence-electron chi connectivity index (χ4n) is 3.01. The molecular formula is C13H25NO2. The maximum Gasteiger partial charge on any atom is 0.0641 e. The van der Waals surface area contributed by atoms with Crippen molar-refractivity contribution < 1.29 is 9.47 Å². The van der Waals surface area contributed by atoms with Crippen LogP contribution in [0.1, 0.15) is 46.0 Å². The molecule has 0 aromatic rings. The number of methoxy groups -OCH3 is 1. The average molecular weight is 227 g/mol. The van der Waals surface area contributed by atoms with E-state index in [1.54, 1.807) is 0 Å². The number of rotatable bonds is 3. The van der Waals surface area contributed by atoms with Crippen molar-refractivity contribution in [3.63, 3.8) is 0 Å². The first-order valence-corrected chi connectivity index (χ1v) is 6.52. The van der Waals surface area contributed by atoms with Gasteiger partial charge in [0.1, 0.15) is 0 Å². The van der Waals surface area contributed by atoms with Gasteiger partial charge in [-0.15, -0.1) is 0 Å². The van der Waals surface area contributed by atoms with Crippen LogP contribution in [-0.4, -0.2) is 37.5 Å². The van der Waals surface area contributed by atoms with E-state index in [0.29, 0.717) is 18.2 Å². The van der Waals surface area contributed by atoms with Crippen molar-refractivity contribution in [3.05, 3.63) is 0 Å². The molecule has 1 saturated carbocycles. The molecule has 3 unspecified atom stereocenters. The van der Waals surface area contributed by atoms with Crippen molar-refractivity contribution in [1.82, 2.24) is 5.32 Å². The molecule has 0 radical (unpaired) electrons. The monoisotopic (exact) mass is 227 g/mol. The molecule has 1 aliphatic heterocycles. The van der Waals surface area contributed by atoms with Crippen LogP contribution in [0.25, 0.3) is 0 Å². The van der Waals surface area contributed by atoms with Gasteiger partial charge in [0.05, 0.1) is 11.7 Å². The Morgan fingerprint density at radius 1 is 1.19 bits per heavy atom. The second-order valence-corrected chi connectivity index (χ2v) is 5.83. The third kappa shape index (κ3) is 3.19. The molecule has 2 rings (SSSR count). The summed E-state index contributed by atoms with van der Waals surface area (Å²) in [4.78, 5) is 0. The number of hydrogen-bond acceptors (Lipinski definition) is 3. The quantitative estimate of drug-likeness (QED) is 0.801. The number of nitrogens with one attached hydrogen (secondary N) is 1. The molecule has 0 aromatic carbocycles. The van der Waals surface area contributed by atoms with E-state index in [0.717, 1.165) is 19.4 Å². The zero-order chi connectivity index (χ0) is 11.6. The molecule has 0 amide bonds. The molecule has 3 nitrogen and oxygen atoms in total. The van der Waals surface area contributed by atoms with E-state index >= 15 is 0 Å². The van der Waals surface area contributed by atoms with Gasteiger partial charge in [-0.2, -0.15) is 0 Å². The predicted octanol–water partition coefficient (Wildman–Crippen LogP) is 2.10. The van der Waals surface area contributed by atoms with Gasteiger partial charge in [-0.3, -0.25) is 0 Å². The highest BCUT2D eigenvalue weighted by Gasteiger charge is 2.32. The average Bonchev–Trinajstić information content (AvgIpc) is 2.64. The maximum atomic E-state index is 5.74. The topological polar surface area (TPSA) is 30.5 Å². The second-order valence-electron chi connectivity index (χ2n) is 5.83. The minimum absolute atomic E-state index is 0.0508. The summed E-state index contributed by atoms with van der Waals surface area (Å²) in [5.74, 6) is 0. The van der Waals surface area contributed by atoms with Crippen LogP contribution in [0.4, 0.5) is 0 Å². The fourth-order valence-corrected chi connectivity index (χ4v) is 3.01. The van der Waals surface area contributed by atoms with Crippen molar-refractivity contribution >= 4 is 0 Å². The molecule has 0 aromatic heterocycles. The molecule has 2 fully saturated rings. The summed E-state index contributed by atoms with van der Waals surface area (Å²) in [7, 11) is 1.82. The van der Waals surface area contributed by atoms with Gasteiger partial charge in [0.2, 0.25) is 0 Å². The molecule has 1 heterocycles. The van der Waals surface area contributed by atoms with Crippen molar-refractivity contribution in [2.75, 3.05) is 13.7 Å². The van der Waals surface area contributed by atoms with Crippen LogP contribution in [0.2, 0.25) is 0 Å². The Bertz CT molecular complexity index is 230. The van der Waals surface area contributed by atoms with Crippen LogP contribution in [-0.2, 0) is 9.47 Å². The second kappa shape index (κ2) is 5.03. The van der Waals surface area contributed by atoms with E-state index in [9.17, 15) is 0 Å². The smallest absolute Gasteiger partial charge is 0.0641 e. The predicted molar refractivity (Wildman–Crippen MR) is 64.6 cm³/mol. The van der Waals surface area contributed by atoms with Gasteiger partial charge < -0.3 is 14.8 Å². The molecule has 1 aliphatic carbocycles. The summed E-state index contributed by atoms with van der Waals surface area (Å²) in [5, 5.41) is 3.78. The summed E-state index contributed by atoms with van der Waals surface area (Å²) >= 11 is 0. The fraction of sp³-hybridized carbons (Fsp3) is 1.00. The zero-order valence-electron chi connectivity index (χ0n) is 10.8. The third-order valence-corrected chi connectivity index (χ3v) is 3.89. The standard InChI is InChI=1S/C13H25NO2/c1-13(2)9-11(6-7-16-13)14-10-4-5-12(8-10)15-3/h10-12,14H,4-9H2,1-3H3. The normalized spacial score (nSPS) is 38.8. The Morgan fingerprint density at radius 3 is 2.62 bits per heavy atom.